The molecule has 0 N–H and O–H groups in total. The third-order valence-corrected chi connectivity index (χ3v) is 10.1. The highest BCUT2D eigenvalue weighted by Gasteiger charge is 2.45. The van der Waals surface area contributed by atoms with E-state index in [1.807, 2.05) is 54.2 Å². The first-order valence-corrected chi connectivity index (χ1v) is 17.8. The molecule has 1 aliphatic heterocycles. The Morgan fingerprint density at radius 1 is 0.694 bits per heavy atom. The van der Waals surface area contributed by atoms with E-state index in [4.69, 9.17) is 9.57 Å². The van der Waals surface area contributed by atoms with E-state index in [0.717, 1.165) is 41.4 Å². The highest BCUT2D eigenvalue weighted by molar-refractivity contribution is 8.00. The van der Waals surface area contributed by atoms with E-state index < -0.39 is 0 Å². The van der Waals surface area contributed by atoms with E-state index >= 15 is 0 Å². The first-order chi connectivity index (χ1) is 24.3. The molecule has 0 amide bonds. The van der Waals surface area contributed by atoms with Crippen LogP contribution >= 0.6 is 11.8 Å². The number of oxime groups is 1. The molecule has 5 nitrogen and oxygen atoms in total. The van der Waals surface area contributed by atoms with Crippen LogP contribution in [0.1, 0.15) is 27.8 Å². The van der Waals surface area contributed by atoms with Crippen molar-refractivity contribution in [3.8, 4) is 17.0 Å². The summed E-state index contributed by atoms with van der Waals surface area (Å²) < 4.78 is 5.93. The van der Waals surface area contributed by atoms with Gasteiger partial charge < -0.3 is 9.57 Å². The highest BCUT2D eigenvalue weighted by atomic mass is 32.2. The lowest BCUT2D eigenvalue weighted by molar-refractivity contribution is 0.108. The number of ether oxygens (including phenoxy) is 1. The van der Waals surface area contributed by atoms with Crippen molar-refractivity contribution in [1.82, 2.24) is 9.88 Å². The van der Waals surface area contributed by atoms with Gasteiger partial charge in [-0.05, 0) is 52.9 Å². The predicted octanol–water partition coefficient (Wildman–Crippen LogP) is 9.09. The van der Waals surface area contributed by atoms with E-state index in [1.54, 1.807) is 12.4 Å². The summed E-state index contributed by atoms with van der Waals surface area (Å²) in [5.74, 6) is 1.77. The normalized spacial score (nSPS) is 15.0. The molecule has 7 rings (SSSR count). The van der Waals surface area contributed by atoms with Crippen LogP contribution in [-0.2, 0) is 16.8 Å². The standard InChI is InChI=1S/C43H39N3O2S/c1-5-13-36(14-6-1)42-26-23-35(30-44-42)31-45-48-28-27-47-40-24-21-34(22-25-40)29-41-32-46(33-49-41)43(37-15-7-2-8-16-37,38-17-9-3-10-18-38)39-19-11-4-12-20-39/h1-26,30-31,41H,27-29,32-33H2. The van der Waals surface area contributed by atoms with Crippen molar-refractivity contribution in [2.75, 3.05) is 25.6 Å². The number of aromatic nitrogens is 1. The number of thioether (sulfide) groups is 1. The summed E-state index contributed by atoms with van der Waals surface area (Å²) in [6, 6.07) is 55.4. The number of pyridine rings is 1. The summed E-state index contributed by atoms with van der Waals surface area (Å²) in [6.07, 6.45) is 4.46. The van der Waals surface area contributed by atoms with E-state index in [2.05, 4.69) is 130 Å². The van der Waals surface area contributed by atoms with E-state index in [1.165, 1.54) is 22.3 Å². The largest absolute Gasteiger partial charge is 0.490 e. The van der Waals surface area contributed by atoms with Gasteiger partial charge in [-0.1, -0.05) is 139 Å². The smallest absolute Gasteiger partial charge is 0.151 e. The molecule has 0 bridgehead atoms. The van der Waals surface area contributed by atoms with Crippen LogP contribution in [0.4, 0.5) is 0 Å². The van der Waals surface area contributed by atoms with Gasteiger partial charge in [-0.25, -0.2) is 0 Å². The maximum Gasteiger partial charge on any atom is 0.151 e. The van der Waals surface area contributed by atoms with Crippen molar-refractivity contribution >= 4 is 18.0 Å². The second-order valence-electron chi connectivity index (χ2n) is 12.1. The zero-order valence-electron chi connectivity index (χ0n) is 27.3. The molecule has 5 aromatic carbocycles. The highest BCUT2D eigenvalue weighted by Crippen LogP contribution is 2.46. The van der Waals surface area contributed by atoms with Gasteiger partial charge in [-0.3, -0.25) is 9.88 Å². The second kappa shape index (κ2) is 15.8. The van der Waals surface area contributed by atoms with Crippen LogP contribution in [-0.4, -0.2) is 47.0 Å². The SMILES string of the molecule is C(=NOCCOc1ccc(CC2CN(C(c3ccccc3)(c3ccccc3)c3ccccc3)CS2)cc1)c1ccc(-c2ccccc2)nc1. The van der Waals surface area contributed by atoms with Crippen LogP contribution < -0.4 is 4.74 Å². The Morgan fingerprint density at radius 2 is 1.29 bits per heavy atom. The van der Waals surface area contributed by atoms with E-state index in [0.29, 0.717) is 18.5 Å². The van der Waals surface area contributed by atoms with Crippen molar-refractivity contribution in [1.29, 1.82) is 0 Å². The molecule has 0 spiro atoms. The lowest BCUT2D eigenvalue weighted by Crippen LogP contribution is -2.47. The fraction of sp³-hybridized carbons (Fsp3) is 0.163. The van der Waals surface area contributed by atoms with Crippen molar-refractivity contribution in [2.45, 2.75) is 17.2 Å². The predicted molar refractivity (Wildman–Crippen MR) is 201 cm³/mol. The molecule has 1 saturated heterocycles. The molecule has 0 radical (unpaired) electrons. The van der Waals surface area contributed by atoms with E-state index in [-0.39, 0.29) is 5.54 Å². The Kier molecular flexibility index (Phi) is 10.5. The molecule has 49 heavy (non-hydrogen) atoms. The summed E-state index contributed by atoms with van der Waals surface area (Å²) in [5.41, 5.74) is 7.70. The van der Waals surface area contributed by atoms with Gasteiger partial charge in [-0.15, -0.1) is 11.8 Å². The minimum absolute atomic E-state index is 0.355. The number of hydrogen-bond donors (Lipinski definition) is 0. The molecule has 6 heteroatoms. The molecule has 1 fully saturated rings. The molecular weight excluding hydrogens is 623 g/mol. The fourth-order valence-corrected chi connectivity index (χ4v) is 7.87. The summed E-state index contributed by atoms with van der Waals surface area (Å²) in [5, 5.41) is 4.55. The molecule has 1 atom stereocenters. The Labute approximate surface area is 293 Å². The molecule has 1 aromatic heterocycles. The van der Waals surface area contributed by atoms with Gasteiger partial charge in [0.15, 0.2) is 6.61 Å². The van der Waals surface area contributed by atoms with Crippen LogP contribution in [0.15, 0.2) is 169 Å². The van der Waals surface area contributed by atoms with Gasteiger partial charge in [-0.2, -0.15) is 0 Å². The lowest BCUT2D eigenvalue weighted by atomic mass is 9.75. The zero-order valence-corrected chi connectivity index (χ0v) is 28.2. The number of hydrogen-bond acceptors (Lipinski definition) is 6. The minimum Gasteiger partial charge on any atom is -0.490 e. The first-order valence-electron chi connectivity index (χ1n) is 16.7. The van der Waals surface area contributed by atoms with Gasteiger partial charge in [0.2, 0.25) is 0 Å². The van der Waals surface area contributed by atoms with Crippen LogP contribution in [0.5, 0.6) is 5.75 Å². The van der Waals surface area contributed by atoms with Crippen molar-refractivity contribution in [3.63, 3.8) is 0 Å². The Morgan fingerprint density at radius 3 is 1.86 bits per heavy atom. The second-order valence-corrected chi connectivity index (χ2v) is 13.3. The maximum absolute atomic E-state index is 5.93. The van der Waals surface area contributed by atoms with Gasteiger partial charge in [0.1, 0.15) is 12.4 Å². The quantitative estimate of drug-likeness (QED) is 0.0535. The average molecular weight is 662 g/mol. The fourth-order valence-electron chi connectivity index (χ4n) is 6.58. The summed E-state index contributed by atoms with van der Waals surface area (Å²) in [6.45, 7) is 1.75. The molecule has 6 aromatic rings. The number of benzene rings is 5. The van der Waals surface area contributed by atoms with Gasteiger partial charge in [0, 0.05) is 35.0 Å². The molecule has 2 heterocycles. The maximum atomic E-state index is 5.93. The number of rotatable bonds is 13. The van der Waals surface area contributed by atoms with Crippen LogP contribution in [0.3, 0.4) is 0 Å². The van der Waals surface area contributed by atoms with Crippen molar-refractivity contribution < 1.29 is 9.57 Å². The molecule has 1 unspecified atom stereocenters. The van der Waals surface area contributed by atoms with Crippen molar-refractivity contribution in [2.24, 2.45) is 5.16 Å². The van der Waals surface area contributed by atoms with E-state index in [9.17, 15) is 0 Å². The minimum atomic E-state index is -0.376. The molecule has 0 aliphatic carbocycles. The Hall–Kier alpha value is -5.17. The Bertz CT molecular complexity index is 1810. The Balaban J connectivity index is 0.938. The van der Waals surface area contributed by atoms with Gasteiger partial charge >= 0.3 is 0 Å². The monoisotopic (exact) mass is 661 g/mol. The summed E-state index contributed by atoms with van der Waals surface area (Å²) in [7, 11) is 0. The summed E-state index contributed by atoms with van der Waals surface area (Å²) >= 11 is 2.04. The average Bonchev–Trinajstić information content (AvgIpc) is 3.64. The van der Waals surface area contributed by atoms with Crippen molar-refractivity contribution in [3.05, 3.63) is 192 Å². The third-order valence-electron chi connectivity index (χ3n) is 8.90. The third kappa shape index (κ3) is 7.62. The van der Waals surface area contributed by atoms with Gasteiger partial charge in [0.25, 0.3) is 0 Å². The molecule has 0 saturated carbocycles. The first kappa shape index (κ1) is 32.4. The van der Waals surface area contributed by atoms with Gasteiger partial charge in [0.05, 0.1) is 17.4 Å². The van der Waals surface area contributed by atoms with Crippen LogP contribution in [0, 0.1) is 0 Å². The molecular formula is C43H39N3O2S. The molecule has 1 aliphatic rings. The summed E-state index contributed by atoms with van der Waals surface area (Å²) in [4.78, 5) is 12.6. The van der Waals surface area contributed by atoms with Crippen LogP contribution in [0.25, 0.3) is 11.3 Å². The number of nitrogens with zero attached hydrogens (tertiary/aromatic N) is 3. The van der Waals surface area contributed by atoms with Crippen LogP contribution in [0.2, 0.25) is 0 Å². The molecule has 244 valence electrons. The zero-order chi connectivity index (χ0) is 33.1. The lowest BCUT2D eigenvalue weighted by Gasteiger charge is -2.43. The topological polar surface area (TPSA) is 47.0 Å².